The molecule has 2 N–H and O–H groups in total. The van der Waals surface area contributed by atoms with E-state index in [1.807, 2.05) is 18.2 Å². The number of anilines is 1. The van der Waals surface area contributed by atoms with Crippen molar-refractivity contribution < 1.29 is 9.21 Å². The first kappa shape index (κ1) is 10.8. The van der Waals surface area contributed by atoms with Crippen LogP contribution >= 0.6 is 0 Å². The largest absolute Gasteiger partial charge is 0.469 e. The summed E-state index contributed by atoms with van der Waals surface area (Å²) >= 11 is 0. The van der Waals surface area contributed by atoms with Crippen molar-refractivity contribution in [1.82, 2.24) is 10.2 Å². The third-order valence-electron chi connectivity index (χ3n) is 3.90. The number of hydrogen-bond donors (Lipinski definition) is 2. The number of H-pyrrole nitrogens is 1. The lowest BCUT2D eigenvalue weighted by Crippen LogP contribution is -2.14. The van der Waals surface area contributed by atoms with Gasteiger partial charge in [-0.05, 0) is 31.4 Å². The number of aromatic nitrogens is 2. The SMILES string of the molecule is O=C(Nc1cc(C2CC2)[nH]n1)[C@@H]1C[C@@H]1c1ccco1. The zero-order chi connectivity index (χ0) is 12.8. The van der Waals surface area contributed by atoms with Gasteiger partial charge in [-0.25, -0.2) is 0 Å². The Morgan fingerprint density at radius 3 is 3.11 bits per heavy atom. The van der Waals surface area contributed by atoms with Crippen molar-refractivity contribution in [2.24, 2.45) is 5.92 Å². The number of furan rings is 1. The van der Waals surface area contributed by atoms with Crippen LogP contribution in [0.2, 0.25) is 0 Å². The summed E-state index contributed by atoms with van der Waals surface area (Å²) in [7, 11) is 0. The van der Waals surface area contributed by atoms with Crippen LogP contribution in [-0.2, 0) is 4.79 Å². The van der Waals surface area contributed by atoms with E-state index in [9.17, 15) is 4.79 Å². The van der Waals surface area contributed by atoms with E-state index in [0.717, 1.165) is 17.9 Å². The molecule has 2 aliphatic carbocycles. The van der Waals surface area contributed by atoms with Crippen molar-refractivity contribution in [3.8, 4) is 0 Å². The van der Waals surface area contributed by atoms with Gasteiger partial charge in [0.2, 0.25) is 5.91 Å². The maximum absolute atomic E-state index is 12.1. The Morgan fingerprint density at radius 1 is 1.47 bits per heavy atom. The highest BCUT2D eigenvalue weighted by Crippen LogP contribution is 2.48. The van der Waals surface area contributed by atoms with Gasteiger partial charge in [-0.1, -0.05) is 0 Å². The van der Waals surface area contributed by atoms with Gasteiger partial charge in [0.05, 0.1) is 6.26 Å². The first-order valence-corrected chi connectivity index (χ1v) is 6.71. The highest BCUT2D eigenvalue weighted by atomic mass is 16.3. The molecule has 0 saturated heterocycles. The molecular formula is C14H15N3O2. The lowest BCUT2D eigenvalue weighted by atomic mass is 10.2. The van der Waals surface area contributed by atoms with Gasteiger partial charge >= 0.3 is 0 Å². The summed E-state index contributed by atoms with van der Waals surface area (Å²) in [6, 6.07) is 5.73. The minimum absolute atomic E-state index is 0.0206. The third-order valence-corrected chi connectivity index (χ3v) is 3.90. The predicted molar refractivity (Wildman–Crippen MR) is 68.7 cm³/mol. The molecule has 2 fully saturated rings. The van der Waals surface area contributed by atoms with Gasteiger partial charge in [0.15, 0.2) is 5.82 Å². The molecule has 19 heavy (non-hydrogen) atoms. The molecule has 98 valence electrons. The number of carbonyl (C=O) groups is 1. The number of aromatic amines is 1. The van der Waals surface area contributed by atoms with E-state index in [2.05, 4.69) is 15.5 Å². The molecule has 0 aliphatic heterocycles. The Bertz CT molecular complexity index is 598. The molecule has 4 rings (SSSR count). The minimum atomic E-state index is 0.0206. The van der Waals surface area contributed by atoms with Crippen LogP contribution in [0.5, 0.6) is 0 Å². The topological polar surface area (TPSA) is 70.9 Å². The molecule has 5 heteroatoms. The van der Waals surface area contributed by atoms with Gasteiger partial charge in [-0.2, -0.15) is 5.10 Å². The van der Waals surface area contributed by atoms with Crippen LogP contribution in [0.1, 0.15) is 42.6 Å². The number of nitrogens with one attached hydrogen (secondary N) is 2. The molecule has 0 unspecified atom stereocenters. The fraction of sp³-hybridized carbons (Fsp3) is 0.429. The molecule has 2 atom stereocenters. The first-order valence-electron chi connectivity index (χ1n) is 6.71. The van der Waals surface area contributed by atoms with E-state index in [-0.39, 0.29) is 17.7 Å². The second-order valence-corrected chi connectivity index (χ2v) is 5.44. The number of amides is 1. The molecule has 2 aromatic rings. The van der Waals surface area contributed by atoms with Gasteiger partial charge in [-0.3, -0.25) is 9.89 Å². The van der Waals surface area contributed by atoms with E-state index in [1.165, 1.54) is 12.8 Å². The summed E-state index contributed by atoms with van der Waals surface area (Å²) in [5.74, 6) is 2.45. The van der Waals surface area contributed by atoms with Crippen molar-refractivity contribution in [1.29, 1.82) is 0 Å². The minimum Gasteiger partial charge on any atom is -0.469 e. The maximum atomic E-state index is 12.1. The summed E-state index contributed by atoms with van der Waals surface area (Å²) in [6.45, 7) is 0. The zero-order valence-corrected chi connectivity index (χ0v) is 10.4. The lowest BCUT2D eigenvalue weighted by Gasteiger charge is -1.99. The Labute approximate surface area is 110 Å². The number of carbonyl (C=O) groups excluding carboxylic acids is 1. The number of rotatable bonds is 4. The van der Waals surface area contributed by atoms with E-state index in [0.29, 0.717) is 11.7 Å². The predicted octanol–water partition coefficient (Wildman–Crippen LogP) is 2.62. The molecule has 1 amide bonds. The fourth-order valence-electron chi connectivity index (χ4n) is 2.52. The average molecular weight is 257 g/mol. The van der Waals surface area contributed by atoms with Gasteiger partial charge in [0, 0.05) is 29.5 Å². The Balaban J connectivity index is 1.39. The smallest absolute Gasteiger partial charge is 0.229 e. The van der Waals surface area contributed by atoms with Gasteiger partial charge < -0.3 is 9.73 Å². The molecule has 5 nitrogen and oxygen atoms in total. The first-order chi connectivity index (χ1) is 9.31. The molecule has 2 aromatic heterocycles. The molecular weight excluding hydrogens is 242 g/mol. The molecule has 0 bridgehead atoms. The van der Waals surface area contributed by atoms with Crippen LogP contribution in [0.25, 0.3) is 0 Å². The van der Waals surface area contributed by atoms with Crippen molar-refractivity contribution in [2.75, 3.05) is 5.32 Å². The van der Waals surface area contributed by atoms with Crippen LogP contribution < -0.4 is 5.32 Å². The molecule has 0 spiro atoms. The third kappa shape index (κ3) is 2.05. The van der Waals surface area contributed by atoms with E-state index in [4.69, 9.17) is 4.42 Å². The quantitative estimate of drug-likeness (QED) is 0.884. The van der Waals surface area contributed by atoms with Crippen LogP contribution in [0.3, 0.4) is 0 Å². The normalized spacial score (nSPS) is 25.3. The second-order valence-electron chi connectivity index (χ2n) is 5.44. The Morgan fingerprint density at radius 2 is 2.37 bits per heavy atom. The Hall–Kier alpha value is -2.04. The van der Waals surface area contributed by atoms with Crippen LogP contribution in [0, 0.1) is 5.92 Å². The highest BCUT2D eigenvalue weighted by molar-refractivity contribution is 5.94. The standard InChI is InChI=1S/C14H15N3O2/c18-14(10-6-9(10)12-2-1-5-19-12)15-13-7-11(16-17-13)8-3-4-8/h1-2,5,7-10H,3-4,6H2,(H2,15,16,17,18)/t9-,10+/m0/s1. The van der Waals surface area contributed by atoms with Gasteiger partial charge in [-0.15, -0.1) is 0 Å². The highest BCUT2D eigenvalue weighted by Gasteiger charge is 2.46. The van der Waals surface area contributed by atoms with Crippen molar-refractivity contribution in [3.63, 3.8) is 0 Å². The Kier molecular flexibility index (Phi) is 2.27. The van der Waals surface area contributed by atoms with Crippen LogP contribution in [-0.4, -0.2) is 16.1 Å². The molecule has 0 aromatic carbocycles. The molecule has 2 heterocycles. The number of nitrogens with zero attached hydrogens (tertiary/aromatic N) is 1. The summed E-state index contributed by atoms with van der Waals surface area (Å²) in [5, 5.41) is 10.00. The van der Waals surface area contributed by atoms with Crippen molar-refractivity contribution in [3.05, 3.63) is 35.9 Å². The molecule has 2 aliphatic rings. The average Bonchev–Trinajstić information content (AvgIpc) is 3.32. The van der Waals surface area contributed by atoms with Crippen LogP contribution in [0.4, 0.5) is 5.82 Å². The van der Waals surface area contributed by atoms with E-state index < -0.39 is 0 Å². The zero-order valence-electron chi connectivity index (χ0n) is 10.4. The van der Waals surface area contributed by atoms with Crippen molar-refractivity contribution >= 4 is 11.7 Å². The van der Waals surface area contributed by atoms with E-state index >= 15 is 0 Å². The van der Waals surface area contributed by atoms with Crippen LogP contribution in [0.15, 0.2) is 28.9 Å². The lowest BCUT2D eigenvalue weighted by molar-refractivity contribution is -0.117. The maximum Gasteiger partial charge on any atom is 0.229 e. The molecule has 2 saturated carbocycles. The van der Waals surface area contributed by atoms with E-state index in [1.54, 1.807) is 6.26 Å². The van der Waals surface area contributed by atoms with Gasteiger partial charge in [0.25, 0.3) is 0 Å². The monoisotopic (exact) mass is 257 g/mol. The summed E-state index contributed by atoms with van der Waals surface area (Å²) < 4.78 is 5.33. The molecule has 0 radical (unpaired) electrons. The summed E-state index contributed by atoms with van der Waals surface area (Å²) in [4.78, 5) is 12.1. The summed E-state index contributed by atoms with van der Waals surface area (Å²) in [6.07, 6.45) is 4.95. The number of hydrogen-bond acceptors (Lipinski definition) is 3. The van der Waals surface area contributed by atoms with Gasteiger partial charge in [0.1, 0.15) is 5.76 Å². The summed E-state index contributed by atoms with van der Waals surface area (Å²) in [5.41, 5.74) is 1.13. The second kappa shape index (κ2) is 3.98. The fourth-order valence-corrected chi connectivity index (χ4v) is 2.52. The van der Waals surface area contributed by atoms with Crippen molar-refractivity contribution in [2.45, 2.75) is 31.1 Å².